The molecule has 2 aromatic carbocycles. The number of ether oxygens (including phenoxy) is 1. The summed E-state index contributed by atoms with van der Waals surface area (Å²) in [6, 6.07) is 15.8. The normalized spacial score (nSPS) is 20.1. The minimum Gasteiger partial charge on any atom is -0.507 e. The Morgan fingerprint density at radius 1 is 1.18 bits per heavy atom. The molecule has 192 valence electrons. The van der Waals surface area contributed by atoms with Gasteiger partial charge in [-0.2, -0.15) is 0 Å². The van der Waals surface area contributed by atoms with Gasteiger partial charge >= 0.3 is 5.91 Å². The number of ketones is 1. The molecule has 2 aliphatic rings. The zero-order chi connectivity index (χ0) is 26.4. The lowest BCUT2D eigenvalue weighted by Gasteiger charge is -2.21. The van der Waals surface area contributed by atoms with Gasteiger partial charge in [-0.3, -0.25) is 14.5 Å². The quantitative estimate of drug-likeness (QED) is 0.0914. The predicted molar refractivity (Wildman–Crippen MR) is 150 cm³/mol. The van der Waals surface area contributed by atoms with E-state index in [-0.39, 0.29) is 17.4 Å². The molecule has 0 spiro atoms. The number of rotatable bonds is 6. The number of aliphatic hydroxyl groups is 1. The smallest absolute Gasteiger partial charge is 0.301 e. The van der Waals surface area contributed by atoms with Gasteiger partial charge in [0.15, 0.2) is 4.34 Å². The standard InChI is InChI=1S/C27H20ClN3O4S3/c1-14-11-17-12-15(8-9-19(17)35-14)23(32)21-22(20-7-4-10-36-20)31(25(34)24(21)33)26-29-30-27(38-26)37-13-16-5-2-3-6-18(16)28/h2-10,12,14,22,32H,11,13H2,1H3/b23-21+. The molecule has 0 aliphatic carbocycles. The molecule has 1 fully saturated rings. The van der Waals surface area contributed by atoms with Gasteiger partial charge in [0.05, 0.1) is 5.57 Å². The second-order valence-electron chi connectivity index (χ2n) is 8.87. The lowest BCUT2D eigenvalue weighted by atomic mass is 9.98. The number of halogens is 1. The van der Waals surface area contributed by atoms with Gasteiger partial charge in [0.25, 0.3) is 5.78 Å². The zero-order valence-corrected chi connectivity index (χ0v) is 23.2. The molecule has 2 aromatic heterocycles. The van der Waals surface area contributed by atoms with Gasteiger partial charge in [-0.25, -0.2) is 0 Å². The third-order valence-electron chi connectivity index (χ3n) is 6.34. The molecule has 38 heavy (non-hydrogen) atoms. The van der Waals surface area contributed by atoms with Crippen molar-refractivity contribution in [2.45, 2.75) is 35.6 Å². The van der Waals surface area contributed by atoms with E-state index in [0.29, 0.717) is 32.2 Å². The average Bonchev–Trinajstić information content (AvgIpc) is 3.70. The third kappa shape index (κ3) is 4.51. The van der Waals surface area contributed by atoms with Crippen LogP contribution in [-0.2, 0) is 21.8 Å². The summed E-state index contributed by atoms with van der Waals surface area (Å²) in [5.74, 6) is -0.375. The fraction of sp³-hybridized carbons (Fsp3) is 0.185. The number of anilines is 1. The summed E-state index contributed by atoms with van der Waals surface area (Å²) in [5, 5.41) is 22.7. The number of Topliss-reactive ketones (excluding diaryl/α,β-unsaturated/α-hetero) is 1. The first-order valence-corrected chi connectivity index (χ1v) is 14.8. The third-order valence-corrected chi connectivity index (χ3v) is 9.74. The van der Waals surface area contributed by atoms with Crippen LogP contribution in [0.25, 0.3) is 5.76 Å². The first kappa shape index (κ1) is 25.1. The van der Waals surface area contributed by atoms with Crippen molar-refractivity contribution < 1.29 is 19.4 Å². The monoisotopic (exact) mass is 581 g/mol. The summed E-state index contributed by atoms with van der Waals surface area (Å²) in [6.45, 7) is 1.98. The van der Waals surface area contributed by atoms with Gasteiger partial charge in [-0.15, -0.1) is 21.5 Å². The Morgan fingerprint density at radius 2 is 2.03 bits per heavy atom. The first-order chi connectivity index (χ1) is 18.4. The minimum atomic E-state index is -0.812. The van der Waals surface area contributed by atoms with E-state index in [1.54, 1.807) is 12.1 Å². The highest BCUT2D eigenvalue weighted by Crippen LogP contribution is 2.45. The summed E-state index contributed by atoms with van der Waals surface area (Å²) in [7, 11) is 0. The first-order valence-electron chi connectivity index (χ1n) is 11.7. The lowest BCUT2D eigenvalue weighted by molar-refractivity contribution is -0.132. The fourth-order valence-corrected chi connectivity index (χ4v) is 7.56. The maximum atomic E-state index is 13.4. The van der Waals surface area contributed by atoms with Crippen LogP contribution in [0.5, 0.6) is 5.75 Å². The Kier molecular flexibility index (Phi) is 6.73. The molecule has 1 amide bonds. The summed E-state index contributed by atoms with van der Waals surface area (Å²) in [6.07, 6.45) is 0.750. The van der Waals surface area contributed by atoms with Crippen LogP contribution in [0.1, 0.15) is 34.5 Å². The highest BCUT2D eigenvalue weighted by Gasteiger charge is 2.49. The number of thioether (sulfide) groups is 1. The molecule has 2 atom stereocenters. The Labute approximate surface area is 235 Å². The van der Waals surface area contributed by atoms with Crippen LogP contribution in [0.2, 0.25) is 5.02 Å². The van der Waals surface area contributed by atoms with E-state index < -0.39 is 17.7 Å². The fourth-order valence-electron chi connectivity index (χ4n) is 4.58. The summed E-state index contributed by atoms with van der Waals surface area (Å²) < 4.78 is 6.41. The largest absolute Gasteiger partial charge is 0.507 e. The van der Waals surface area contributed by atoms with Crippen LogP contribution in [0.4, 0.5) is 5.13 Å². The molecule has 0 radical (unpaired) electrons. The van der Waals surface area contributed by atoms with Gasteiger partial charge in [-0.05, 0) is 53.8 Å². The summed E-state index contributed by atoms with van der Waals surface area (Å²) in [4.78, 5) is 28.8. The molecule has 4 aromatic rings. The minimum absolute atomic E-state index is 0.0323. The van der Waals surface area contributed by atoms with E-state index in [4.69, 9.17) is 16.3 Å². The molecule has 4 heterocycles. The number of fused-ring (bicyclic) bond motifs is 1. The number of amides is 1. The van der Waals surface area contributed by atoms with Gasteiger partial charge in [0, 0.05) is 27.6 Å². The molecule has 11 heteroatoms. The van der Waals surface area contributed by atoms with Crippen LogP contribution < -0.4 is 9.64 Å². The molecular weight excluding hydrogens is 562 g/mol. The Balaban J connectivity index is 1.36. The second kappa shape index (κ2) is 10.2. The summed E-state index contributed by atoms with van der Waals surface area (Å²) >= 11 is 10.3. The van der Waals surface area contributed by atoms with Crippen LogP contribution in [0.15, 0.2) is 69.9 Å². The molecule has 0 saturated carbocycles. The van der Waals surface area contributed by atoms with Crippen LogP contribution in [0, 0.1) is 0 Å². The Hall–Kier alpha value is -3.18. The summed E-state index contributed by atoms with van der Waals surface area (Å²) in [5.41, 5.74) is 2.41. The van der Waals surface area contributed by atoms with Crippen molar-refractivity contribution in [3.05, 3.63) is 92.1 Å². The molecule has 1 N–H and O–H groups in total. The number of aliphatic hydroxyl groups excluding tert-OH is 1. The Morgan fingerprint density at radius 3 is 2.82 bits per heavy atom. The molecule has 1 saturated heterocycles. The molecule has 6 rings (SSSR count). The topological polar surface area (TPSA) is 92.6 Å². The van der Waals surface area contributed by atoms with Crippen molar-refractivity contribution in [2.75, 3.05) is 4.90 Å². The van der Waals surface area contributed by atoms with E-state index in [1.807, 2.05) is 54.8 Å². The van der Waals surface area contributed by atoms with Crippen LogP contribution in [-0.4, -0.2) is 33.1 Å². The number of thiophene rings is 1. The highest BCUT2D eigenvalue weighted by molar-refractivity contribution is 8.00. The lowest BCUT2D eigenvalue weighted by Crippen LogP contribution is -2.29. The van der Waals surface area contributed by atoms with Crippen molar-refractivity contribution in [3.8, 4) is 5.75 Å². The number of benzene rings is 2. The van der Waals surface area contributed by atoms with E-state index in [1.165, 1.54) is 39.3 Å². The number of carbonyl (C=O) groups is 2. The molecule has 2 unspecified atom stereocenters. The maximum Gasteiger partial charge on any atom is 0.301 e. The van der Waals surface area contributed by atoms with E-state index in [0.717, 1.165) is 21.8 Å². The van der Waals surface area contributed by atoms with Crippen molar-refractivity contribution in [3.63, 3.8) is 0 Å². The van der Waals surface area contributed by atoms with E-state index in [2.05, 4.69) is 10.2 Å². The predicted octanol–water partition coefficient (Wildman–Crippen LogP) is 6.50. The molecule has 2 aliphatic heterocycles. The van der Waals surface area contributed by atoms with Crippen molar-refractivity contribution in [1.82, 2.24) is 10.2 Å². The number of hydrogen-bond donors (Lipinski definition) is 1. The van der Waals surface area contributed by atoms with Crippen molar-refractivity contribution in [2.24, 2.45) is 0 Å². The van der Waals surface area contributed by atoms with Crippen molar-refractivity contribution >= 4 is 68.6 Å². The number of nitrogens with zero attached hydrogens (tertiary/aromatic N) is 3. The van der Waals surface area contributed by atoms with Crippen LogP contribution in [0.3, 0.4) is 0 Å². The number of aromatic nitrogens is 2. The van der Waals surface area contributed by atoms with E-state index >= 15 is 0 Å². The number of carbonyl (C=O) groups excluding carboxylic acids is 2. The Bertz CT molecular complexity index is 1580. The van der Waals surface area contributed by atoms with Crippen LogP contribution >= 0.6 is 46.0 Å². The molecular formula is C27H20ClN3O4S3. The van der Waals surface area contributed by atoms with Gasteiger partial charge < -0.3 is 9.84 Å². The molecule has 0 bridgehead atoms. The van der Waals surface area contributed by atoms with Gasteiger partial charge in [0.1, 0.15) is 23.7 Å². The highest BCUT2D eigenvalue weighted by atomic mass is 35.5. The van der Waals surface area contributed by atoms with Crippen molar-refractivity contribution in [1.29, 1.82) is 0 Å². The van der Waals surface area contributed by atoms with E-state index in [9.17, 15) is 14.7 Å². The average molecular weight is 582 g/mol. The SMILES string of the molecule is CC1Cc2cc(/C(O)=C3\C(=O)C(=O)N(c4nnc(SCc5ccccc5Cl)s4)C3c3cccs3)ccc2O1. The van der Waals surface area contributed by atoms with Gasteiger partial charge in [-0.1, -0.05) is 59.0 Å². The number of hydrogen-bond acceptors (Lipinski definition) is 9. The zero-order valence-electron chi connectivity index (χ0n) is 20.0. The maximum absolute atomic E-state index is 13.4. The van der Waals surface area contributed by atoms with Gasteiger partial charge in [0.2, 0.25) is 5.13 Å². The molecule has 7 nitrogen and oxygen atoms in total. The second-order valence-corrected chi connectivity index (χ2v) is 12.4.